The van der Waals surface area contributed by atoms with Crippen molar-refractivity contribution in [2.45, 2.75) is 25.7 Å². The molecule has 4 aromatic rings. The molecular formula is C26H22ClF3N6O3. The quantitative estimate of drug-likeness (QED) is 0.374. The van der Waals surface area contributed by atoms with Crippen LogP contribution in [-0.2, 0) is 28.9 Å². The van der Waals surface area contributed by atoms with Gasteiger partial charge in [0.05, 0.1) is 30.8 Å². The molecule has 2 amide bonds. The first-order valence-electron chi connectivity index (χ1n) is 12.0. The number of benzene rings is 2. The van der Waals surface area contributed by atoms with Gasteiger partial charge in [-0.15, -0.1) is 0 Å². The van der Waals surface area contributed by atoms with E-state index in [1.54, 1.807) is 29.2 Å². The molecule has 0 aliphatic carbocycles. The van der Waals surface area contributed by atoms with Crippen LogP contribution in [0, 0.1) is 5.92 Å². The summed E-state index contributed by atoms with van der Waals surface area (Å²) < 4.78 is 41.7. The van der Waals surface area contributed by atoms with E-state index in [-0.39, 0.29) is 49.8 Å². The van der Waals surface area contributed by atoms with Gasteiger partial charge in [0.15, 0.2) is 5.65 Å². The van der Waals surface area contributed by atoms with Crippen molar-refractivity contribution in [1.29, 1.82) is 0 Å². The third-order valence-corrected chi connectivity index (χ3v) is 6.74. The minimum Gasteiger partial charge on any atom is -0.354 e. The summed E-state index contributed by atoms with van der Waals surface area (Å²) in [5.41, 5.74) is 0.0336. The van der Waals surface area contributed by atoms with E-state index in [1.165, 1.54) is 33.9 Å². The molecule has 0 radical (unpaired) electrons. The molecule has 202 valence electrons. The average molecular weight is 559 g/mol. The van der Waals surface area contributed by atoms with Crippen LogP contribution in [0.4, 0.5) is 18.9 Å². The van der Waals surface area contributed by atoms with E-state index in [1.807, 2.05) is 0 Å². The number of carbonyl (C=O) groups excluding carboxylic acids is 2. The number of fused-ring (bicyclic) bond motifs is 1. The van der Waals surface area contributed by atoms with Gasteiger partial charge in [-0.25, -0.2) is 9.67 Å². The van der Waals surface area contributed by atoms with Crippen LogP contribution in [-0.4, -0.2) is 44.2 Å². The van der Waals surface area contributed by atoms with Crippen molar-refractivity contribution in [3.8, 4) is 0 Å². The fraction of sp³-hybridized carbons (Fsp3) is 0.269. The largest absolute Gasteiger partial charge is 0.416 e. The summed E-state index contributed by atoms with van der Waals surface area (Å²) in [7, 11) is 0. The van der Waals surface area contributed by atoms with Crippen LogP contribution in [0.25, 0.3) is 11.0 Å². The standard InChI is InChI=1S/C26H22ClF3N6O3/c27-19-4-6-20(7-5-19)35-14-17(11-22(35)37)24(38)31-8-9-36-23-21(12-33-36)25(39)34(15-32-23)13-16-2-1-3-18(10-16)26(28,29)30/h1-7,10,12,15,17H,8-9,11,13-14H2,(H,31,38). The number of halogens is 4. The Balaban J connectivity index is 1.21. The average Bonchev–Trinajstić information content (AvgIpc) is 3.50. The van der Waals surface area contributed by atoms with Crippen molar-refractivity contribution in [2.75, 3.05) is 18.0 Å². The van der Waals surface area contributed by atoms with Crippen molar-refractivity contribution in [2.24, 2.45) is 5.92 Å². The number of rotatable bonds is 7. The minimum absolute atomic E-state index is 0.0833. The number of aromatic nitrogens is 4. The molecule has 1 aliphatic heterocycles. The molecule has 9 nitrogen and oxygen atoms in total. The summed E-state index contributed by atoms with van der Waals surface area (Å²) >= 11 is 5.91. The van der Waals surface area contributed by atoms with Gasteiger partial charge < -0.3 is 10.2 Å². The monoisotopic (exact) mass is 558 g/mol. The molecule has 1 aliphatic rings. The summed E-state index contributed by atoms with van der Waals surface area (Å²) in [5.74, 6) is -0.933. The van der Waals surface area contributed by atoms with Crippen molar-refractivity contribution in [1.82, 2.24) is 24.6 Å². The lowest BCUT2D eigenvalue weighted by Gasteiger charge is -2.16. The van der Waals surface area contributed by atoms with Gasteiger partial charge in [-0.05, 0) is 42.0 Å². The molecular weight excluding hydrogens is 537 g/mol. The van der Waals surface area contributed by atoms with E-state index >= 15 is 0 Å². The van der Waals surface area contributed by atoms with Crippen molar-refractivity contribution in [3.63, 3.8) is 0 Å². The van der Waals surface area contributed by atoms with Crippen molar-refractivity contribution >= 4 is 40.1 Å². The molecule has 39 heavy (non-hydrogen) atoms. The van der Waals surface area contributed by atoms with Gasteiger partial charge in [0.1, 0.15) is 11.7 Å². The van der Waals surface area contributed by atoms with Crippen LogP contribution in [0.1, 0.15) is 17.5 Å². The van der Waals surface area contributed by atoms with E-state index in [9.17, 15) is 27.6 Å². The normalized spacial score (nSPS) is 15.7. The zero-order chi connectivity index (χ0) is 27.7. The van der Waals surface area contributed by atoms with Gasteiger partial charge in [0, 0.05) is 30.2 Å². The number of alkyl halides is 3. The molecule has 5 rings (SSSR count). The van der Waals surface area contributed by atoms with Crippen LogP contribution in [0.2, 0.25) is 5.02 Å². The predicted molar refractivity (Wildman–Crippen MR) is 137 cm³/mol. The Bertz CT molecular complexity index is 1600. The highest BCUT2D eigenvalue weighted by atomic mass is 35.5. The first-order chi connectivity index (χ1) is 18.6. The molecule has 2 aromatic heterocycles. The van der Waals surface area contributed by atoms with Crippen molar-refractivity contribution < 1.29 is 22.8 Å². The molecule has 1 unspecified atom stereocenters. The first kappa shape index (κ1) is 26.4. The Labute approximate surface area is 224 Å². The van der Waals surface area contributed by atoms with E-state index in [4.69, 9.17) is 11.6 Å². The summed E-state index contributed by atoms with van der Waals surface area (Å²) in [4.78, 5) is 43.9. The van der Waals surface area contributed by atoms with Crippen LogP contribution in [0.3, 0.4) is 0 Å². The van der Waals surface area contributed by atoms with Crippen molar-refractivity contribution in [3.05, 3.63) is 87.6 Å². The lowest BCUT2D eigenvalue weighted by Crippen LogP contribution is -2.35. The second kappa shape index (κ2) is 10.5. The number of nitrogens with one attached hydrogen (secondary N) is 1. The lowest BCUT2D eigenvalue weighted by atomic mass is 10.1. The summed E-state index contributed by atoms with van der Waals surface area (Å²) in [6.07, 6.45) is -1.79. The van der Waals surface area contributed by atoms with E-state index in [2.05, 4.69) is 15.4 Å². The SMILES string of the molecule is O=C(NCCn1ncc2c(=O)n(Cc3cccc(C(F)(F)F)c3)cnc21)C1CC(=O)N(c2ccc(Cl)cc2)C1. The maximum atomic E-state index is 13.0. The van der Waals surface area contributed by atoms with E-state index in [0.29, 0.717) is 21.9 Å². The molecule has 1 saturated heterocycles. The number of anilines is 1. The number of nitrogens with zero attached hydrogens (tertiary/aromatic N) is 5. The second-order valence-electron chi connectivity index (χ2n) is 9.15. The third-order valence-electron chi connectivity index (χ3n) is 6.49. The van der Waals surface area contributed by atoms with Gasteiger partial charge in [-0.1, -0.05) is 23.7 Å². The van der Waals surface area contributed by atoms with E-state index < -0.39 is 23.2 Å². The third kappa shape index (κ3) is 5.65. The molecule has 1 atom stereocenters. The highest BCUT2D eigenvalue weighted by molar-refractivity contribution is 6.30. The topological polar surface area (TPSA) is 102 Å². The summed E-state index contributed by atoms with van der Waals surface area (Å²) in [5, 5.41) is 7.74. The van der Waals surface area contributed by atoms with Gasteiger partial charge >= 0.3 is 6.18 Å². The Morgan fingerprint density at radius 3 is 2.64 bits per heavy atom. The zero-order valence-corrected chi connectivity index (χ0v) is 21.1. The van der Waals surface area contributed by atoms with Gasteiger partial charge in [0.2, 0.25) is 11.8 Å². The number of hydrogen-bond donors (Lipinski definition) is 1. The van der Waals surface area contributed by atoms with Crippen LogP contribution < -0.4 is 15.8 Å². The summed E-state index contributed by atoms with van der Waals surface area (Å²) in [6, 6.07) is 11.6. The number of hydrogen-bond acceptors (Lipinski definition) is 5. The molecule has 1 fully saturated rings. The Morgan fingerprint density at radius 2 is 1.90 bits per heavy atom. The molecule has 0 saturated carbocycles. The van der Waals surface area contributed by atoms with Crippen LogP contribution >= 0.6 is 11.6 Å². The lowest BCUT2D eigenvalue weighted by molar-refractivity contribution is -0.137. The van der Waals surface area contributed by atoms with Gasteiger partial charge in [-0.3, -0.25) is 19.0 Å². The Hall–Kier alpha value is -4.19. The fourth-order valence-electron chi connectivity index (χ4n) is 4.50. The minimum atomic E-state index is -4.48. The predicted octanol–water partition coefficient (Wildman–Crippen LogP) is 3.48. The first-order valence-corrected chi connectivity index (χ1v) is 12.4. The fourth-order valence-corrected chi connectivity index (χ4v) is 4.63. The molecule has 0 spiro atoms. The summed E-state index contributed by atoms with van der Waals surface area (Å²) in [6.45, 7) is 0.585. The van der Waals surface area contributed by atoms with Crippen LogP contribution in [0.15, 0.2) is 65.8 Å². The molecule has 2 aromatic carbocycles. The second-order valence-corrected chi connectivity index (χ2v) is 9.59. The maximum absolute atomic E-state index is 13.0. The molecule has 3 heterocycles. The molecule has 0 bridgehead atoms. The highest BCUT2D eigenvalue weighted by Crippen LogP contribution is 2.30. The van der Waals surface area contributed by atoms with Crippen LogP contribution in [0.5, 0.6) is 0 Å². The smallest absolute Gasteiger partial charge is 0.354 e. The van der Waals surface area contributed by atoms with Gasteiger partial charge in [-0.2, -0.15) is 18.3 Å². The Morgan fingerprint density at radius 1 is 1.13 bits per heavy atom. The van der Waals surface area contributed by atoms with Gasteiger partial charge in [0.25, 0.3) is 5.56 Å². The highest BCUT2D eigenvalue weighted by Gasteiger charge is 2.35. The Kier molecular flexibility index (Phi) is 7.13. The number of amides is 2. The maximum Gasteiger partial charge on any atom is 0.416 e. The molecule has 13 heteroatoms. The molecule has 1 N–H and O–H groups in total. The zero-order valence-electron chi connectivity index (χ0n) is 20.4. The van der Waals surface area contributed by atoms with E-state index in [0.717, 1.165) is 12.1 Å². The number of carbonyl (C=O) groups is 2.